The number of carbonyl (C=O) groups is 1. The van der Waals surface area contributed by atoms with Gasteiger partial charge in [-0.15, -0.1) is 0 Å². The maximum atomic E-state index is 13.7. The topological polar surface area (TPSA) is 56.1 Å². The Hall–Kier alpha value is -2.96. The number of nitrogens with zero attached hydrogens (tertiary/aromatic N) is 2. The number of benzene rings is 2. The summed E-state index contributed by atoms with van der Waals surface area (Å²) >= 11 is 0. The molecule has 3 aromatic rings. The van der Waals surface area contributed by atoms with Gasteiger partial charge < -0.3 is 14.6 Å². The monoisotopic (exact) mass is 345 g/mol. The highest BCUT2D eigenvalue weighted by Gasteiger charge is 2.16. The molecule has 1 amide bonds. The van der Waals surface area contributed by atoms with Crippen molar-refractivity contribution in [2.75, 3.05) is 7.11 Å². The van der Waals surface area contributed by atoms with Crippen molar-refractivity contribution in [3.8, 4) is 5.75 Å². The number of fused-ring (bicyclic) bond motifs is 1. The van der Waals surface area contributed by atoms with Crippen LogP contribution in [-0.4, -0.2) is 22.6 Å². The fourth-order valence-electron chi connectivity index (χ4n) is 2.72. The number of amides is 1. The van der Waals surface area contributed by atoms with Crippen LogP contribution in [0.2, 0.25) is 0 Å². The van der Waals surface area contributed by atoms with Crippen molar-refractivity contribution in [3.05, 3.63) is 58.9 Å². The number of halogens is 2. The normalized spacial score (nSPS) is 10.9. The van der Waals surface area contributed by atoms with E-state index < -0.39 is 17.5 Å². The van der Waals surface area contributed by atoms with Crippen molar-refractivity contribution in [1.29, 1.82) is 0 Å². The van der Waals surface area contributed by atoms with E-state index in [-0.39, 0.29) is 17.7 Å². The molecule has 1 N–H and O–H groups in total. The summed E-state index contributed by atoms with van der Waals surface area (Å²) in [5, 5.41) is 2.68. The number of aryl methyl sites for hydroxylation is 1. The summed E-state index contributed by atoms with van der Waals surface area (Å²) in [5.74, 6) is -1.48. The van der Waals surface area contributed by atoms with E-state index in [4.69, 9.17) is 4.74 Å². The summed E-state index contributed by atoms with van der Waals surface area (Å²) < 4.78 is 34.5. The van der Waals surface area contributed by atoms with E-state index in [1.165, 1.54) is 14.0 Å². The summed E-state index contributed by atoms with van der Waals surface area (Å²) in [7, 11) is 3.37. The lowest BCUT2D eigenvalue weighted by molar-refractivity contribution is 0.0950. The Labute approximate surface area is 143 Å². The Kier molecular flexibility index (Phi) is 4.39. The molecule has 1 aromatic heterocycles. The molecule has 0 fully saturated rings. The van der Waals surface area contributed by atoms with Gasteiger partial charge in [-0.2, -0.15) is 0 Å². The fourth-order valence-corrected chi connectivity index (χ4v) is 2.72. The van der Waals surface area contributed by atoms with E-state index in [2.05, 4.69) is 10.3 Å². The minimum absolute atomic E-state index is 0.0725. The molecule has 5 nitrogen and oxygen atoms in total. The van der Waals surface area contributed by atoms with Gasteiger partial charge >= 0.3 is 0 Å². The molecule has 0 radical (unpaired) electrons. The third-order valence-electron chi connectivity index (χ3n) is 4.13. The quantitative estimate of drug-likeness (QED) is 0.790. The Morgan fingerprint density at radius 2 is 1.96 bits per heavy atom. The minimum atomic E-state index is -0.753. The van der Waals surface area contributed by atoms with E-state index in [1.54, 1.807) is 12.4 Å². The molecule has 3 rings (SSSR count). The second kappa shape index (κ2) is 6.51. The third kappa shape index (κ3) is 3.05. The molecule has 0 saturated carbocycles. The molecule has 0 spiro atoms. The van der Waals surface area contributed by atoms with Crippen LogP contribution in [0.1, 0.15) is 21.5 Å². The molecule has 0 unspecified atom stereocenters. The highest BCUT2D eigenvalue weighted by Crippen LogP contribution is 2.27. The molecule has 2 aromatic carbocycles. The van der Waals surface area contributed by atoms with Gasteiger partial charge in [0.15, 0.2) is 0 Å². The standard InChI is InChI=1S/C18H17F2N3O2/c1-10-13(19)6-11(7-14(10)20)18(24)21-8-12-16(25-3)5-4-15-17(12)23(2)9-22-15/h4-7,9H,8H2,1-3H3,(H,21,24). The largest absolute Gasteiger partial charge is 0.496 e. The van der Waals surface area contributed by atoms with Crippen LogP contribution < -0.4 is 10.1 Å². The first kappa shape index (κ1) is 16.9. The summed E-state index contributed by atoms with van der Waals surface area (Å²) in [5.41, 5.74) is 2.14. The number of imidazole rings is 1. The van der Waals surface area contributed by atoms with E-state index >= 15 is 0 Å². The van der Waals surface area contributed by atoms with Gasteiger partial charge in [-0.1, -0.05) is 0 Å². The second-order valence-electron chi connectivity index (χ2n) is 5.72. The van der Waals surface area contributed by atoms with Crippen molar-refractivity contribution in [2.45, 2.75) is 13.5 Å². The summed E-state index contributed by atoms with van der Waals surface area (Å²) in [6.45, 7) is 1.45. The number of ether oxygens (including phenoxy) is 1. The summed E-state index contributed by atoms with van der Waals surface area (Å²) in [6.07, 6.45) is 1.67. The average Bonchev–Trinajstić information content (AvgIpc) is 2.98. The van der Waals surface area contributed by atoms with Crippen LogP contribution in [0, 0.1) is 18.6 Å². The molecule has 0 aliphatic carbocycles. The Morgan fingerprint density at radius 1 is 1.28 bits per heavy atom. The molecule has 0 saturated heterocycles. The van der Waals surface area contributed by atoms with Crippen molar-refractivity contribution in [1.82, 2.24) is 14.9 Å². The van der Waals surface area contributed by atoms with Crippen LogP contribution in [0.4, 0.5) is 8.78 Å². The van der Waals surface area contributed by atoms with Crippen LogP contribution in [-0.2, 0) is 13.6 Å². The van der Waals surface area contributed by atoms with Gasteiger partial charge in [-0.25, -0.2) is 13.8 Å². The van der Waals surface area contributed by atoms with Gasteiger partial charge in [0.2, 0.25) is 0 Å². The van der Waals surface area contributed by atoms with E-state index in [9.17, 15) is 13.6 Å². The maximum Gasteiger partial charge on any atom is 0.251 e. The first-order valence-corrected chi connectivity index (χ1v) is 7.63. The minimum Gasteiger partial charge on any atom is -0.496 e. The van der Waals surface area contributed by atoms with Crippen molar-refractivity contribution >= 4 is 16.9 Å². The predicted octanol–water partition coefficient (Wildman–Crippen LogP) is 3.10. The number of aromatic nitrogens is 2. The number of methoxy groups -OCH3 is 1. The van der Waals surface area contributed by atoms with Crippen molar-refractivity contribution in [3.63, 3.8) is 0 Å². The Bertz CT molecular complexity index is 943. The van der Waals surface area contributed by atoms with Crippen LogP contribution in [0.25, 0.3) is 11.0 Å². The molecule has 0 bridgehead atoms. The molecule has 0 aliphatic heterocycles. The Balaban J connectivity index is 1.90. The smallest absolute Gasteiger partial charge is 0.251 e. The molecule has 1 heterocycles. The number of rotatable bonds is 4. The van der Waals surface area contributed by atoms with E-state index in [0.29, 0.717) is 5.75 Å². The SMILES string of the molecule is COc1ccc2ncn(C)c2c1CNC(=O)c1cc(F)c(C)c(F)c1. The molecule has 25 heavy (non-hydrogen) atoms. The summed E-state index contributed by atoms with van der Waals surface area (Å²) in [6, 6.07) is 5.64. The number of carbonyl (C=O) groups excluding carboxylic acids is 1. The van der Waals surface area contributed by atoms with E-state index in [0.717, 1.165) is 28.7 Å². The first-order chi connectivity index (χ1) is 11.9. The number of hydrogen-bond acceptors (Lipinski definition) is 3. The lowest BCUT2D eigenvalue weighted by Crippen LogP contribution is -2.24. The molecular formula is C18H17F2N3O2. The van der Waals surface area contributed by atoms with Crippen molar-refractivity contribution in [2.24, 2.45) is 7.05 Å². The highest BCUT2D eigenvalue weighted by atomic mass is 19.1. The first-order valence-electron chi connectivity index (χ1n) is 7.63. The zero-order valence-electron chi connectivity index (χ0n) is 14.1. The Morgan fingerprint density at radius 3 is 2.60 bits per heavy atom. The molecular weight excluding hydrogens is 328 g/mol. The van der Waals surface area contributed by atoms with Crippen LogP contribution in [0.3, 0.4) is 0 Å². The molecule has 0 atom stereocenters. The van der Waals surface area contributed by atoms with Gasteiger partial charge in [0.05, 0.1) is 24.5 Å². The lowest BCUT2D eigenvalue weighted by atomic mass is 10.1. The van der Waals surface area contributed by atoms with Crippen LogP contribution in [0.5, 0.6) is 5.75 Å². The van der Waals surface area contributed by atoms with Gasteiger partial charge in [-0.3, -0.25) is 4.79 Å². The van der Waals surface area contributed by atoms with E-state index in [1.807, 2.05) is 17.7 Å². The van der Waals surface area contributed by atoms with Gasteiger partial charge in [0.1, 0.15) is 17.4 Å². The van der Waals surface area contributed by atoms with Gasteiger partial charge in [0.25, 0.3) is 5.91 Å². The molecule has 130 valence electrons. The predicted molar refractivity (Wildman–Crippen MR) is 89.5 cm³/mol. The molecule has 0 aliphatic rings. The fraction of sp³-hybridized carbons (Fsp3) is 0.222. The van der Waals surface area contributed by atoms with Crippen molar-refractivity contribution < 1.29 is 18.3 Å². The second-order valence-corrected chi connectivity index (χ2v) is 5.72. The van der Waals surface area contributed by atoms with Crippen LogP contribution in [0.15, 0.2) is 30.6 Å². The zero-order valence-corrected chi connectivity index (χ0v) is 14.1. The number of nitrogens with one attached hydrogen (secondary N) is 1. The maximum absolute atomic E-state index is 13.7. The van der Waals surface area contributed by atoms with Gasteiger partial charge in [-0.05, 0) is 31.2 Å². The summed E-state index contributed by atoms with van der Waals surface area (Å²) in [4.78, 5) is 16.6. The average molecular weight is 345 g/mol. The third-order valence-corrected chi connectivity index (χ3v) is 4.13. The van der Waals surface area contributed by atoms with Gasteiger partial charge in [0, 0.05) is 30.3 Å². The van der Waals surface area contributed by atoms with Crippen LogP contribution >= 0.6 is 0 Å². The highest BCUT2D eigenvalue weighted by molar-refractivity contribution is 5.94. The zero-order chi connectivity index (χ0) is 18.1. The lowest BCUT2D eigenvalue weighted by Gasteiger charge is -2.12. The number of hydrogen-bond donors (Lipinski definition) is 1. The molecule has 7 heteroatoms.